The molecule has 3 aromatic carbocycles. The van der Waals surface area contributed by atoms with Gasteiger partial charge in [-0.1, -0.05) is 53.5 Å². The van der Waals surface area contributed by atoms with Crippen LogP contribution >= 0.6 is 35.4 Å². The quantitative estimate of drug-likeness (QED) is 0.509. The molecule has 0 atom stereocenters. The Morgan fingerprint density at radius 2 is 1.57 bits per heavy atom. The van der Waals surface area contributed by atoms with E-state index in [9.17, 15) is 4.79 Å². The highest BCUT2D eigenvalue weighted by atomic mass is 35.5. The van der Waals surface area contributed by atoms with Crippen molar-refractivity contribution in [2.45, 2.75) is 6.61 Å². The van der Waals surface area contributed by atoms with Crippen LogP contribution in [-0.4, -0.2) is 11.0 Å². The lowest BCUT2D eigenvalue weighted by atomic mass is 10.2. The van der Waals surface area contributed by atoms with Gasteiger partial charge >= 0.3 is 0 Å². The van der Waals surface area contributed by atoms with Gasteiger partial charge in [0, 0.05) is 21.3 Å². The van der Waals surface area contributed by atoms with Gasteiger partial charge in [0.2, 0.25) is 0 Å². The number of anilines is 1. The molecule has 3 rings (SSSR count). The molecule has 1 amide bonds. The molecular weight excluding hydrogens is 415 g/mol. The maximum absolute atomic E-state index is 12.2. The first-order chi connectivity index (χ1) is 13.5. The molecule has 0 heterocycles. The number of hydrogen-bond acceptors (Lipinski definition) is 3. The Labute approximate surface area is 178 Å². The summed E-state index contributed by atoms with van der Waals surface area (Å²) in [6.07, 6.45) is 0. The van der Waals surface area contributed by atoms with Crippen LogP contribution < -0.4 is 15.4 Å². The van der Waals surface area contributed by atoms with E-state index < -0.39 is 5.91 Å². The van der Waals surface area contributed by atoms with Crippen molar-refractivity contribution >= 4 is 52.1 Å². The summed E-state index contributed by atoms with van der Waals surface area (Å²) in [5.74, 6) is 0.336. The van der Waals surface area contributed by atoms with Gasteiger partial charge in [0.25, 0.3) is 5.91 Å². The van der Waals surface area contributed by atoms with Gasteiger partial charge in [-0.2, -0.15) is 0 Å². The Morgan fingerprint density at radius 3 is 2.21 bits per heavy atom. The van der Waals surface area contributed by atoms with Gasteiger partial charge in [-0.25, -0.2) is 0 Å². The number of hydrogen-bond donors (Lipinski definition) is 2. The van der Waals surface area contributed by atoms with Crippen LogP contribution in [0.1, 0.15) is 15.9 Å². The fourth-order valence-electron chi connectivity index (χ4n) is 2.40. The number of halogens is 2. The Hall–Kier alpha value is -2.60. The highest BCUT2D eigenvalue weighted by Crippen LogP contribution is 2.19. The van der Waals surface area contributed by atoms with Crippen molar-refractivity contribution in [1.29, 1.82) is 0 Å². The Balaban J connectivity index is 1.53. The molecule has 0 aromatic heterocycles. The molecule has 0 aliphatic rings. The van der Waals surface area contributed by atoms with Crippen LogP contribution in [0.3, 0.4) is 0 Å². The van der Waals surface area contributed by atoms with Gasteiger partial charge in [0.1, 0.15) is 12.4 Å². The minimum absolute atomic E-state index is 0.166. The van der Waals surface area contributed by atoms with Crippen LogP contribution in [-0.2, 0) is 6.61 Å². The van der Waals surface area contributed by atoms with E-state index in [2.05, 4.69) is 10.6 Å². The average Bonchev–Trinajstić information content (AvgIpc) is 2.67. The van der Waals surface area contributed by atoms with Crippen LogP contribution in [0, 0.1) is 0 Å². The second kappa shape index (κ2) is 9.55. The van der Waals surface area contributed by atoms with E-state index in [1.165, 1.54) is 12.1 Å². The van der Waals surface area contributed by atoms with Crippen LogP contribution in [0.5, 0.6) is 5.75 Å². The zero-order chi connectivity index (χ0) is 19.9. The number of nitrogens with one attached hydrogen (secondary N) is 2. The second-order valence-corrected chi connectivity index (χ2v) is 7.15. The predicted octanol–water partition coefficient (Wildman–Crippen LogP) is 5.70. The fourth-order valence-corrected chi connectivity index (χ4v) is 3.13. The topological polar surface area (TPSA) is 50.4 Å². The standard InChI is InChI=1S/C21H16Cl2N2O2S/c22-16-10-15(11-17(23)12-16)20(26)25-21(28)24-18-6-8-19(9-7-18)27-13-14-4-2-1-3-5-14/h1-12H,13H2,(H2,24,25,26,28). The van der Waals surface area contributed by atoms with Crippen molar-refractivity contribution in [3.05, 3.63) is 94.0 Å². The number of amides is 1. The number of thiocarbonyl (C=S) groups is 1. The molecule has 0 saturated carbocycles. The Kier molecular flexibility index (Phi) is 6.87. The van der Waals surface area contributed by atoms with Crippen molar-refractivity contribution in [2.75, 3.05) is 5.32 Å². The Morgan fingerprint density at radius 1 is 0.929 bits per heavy atom. The van der Waals surface area contributed by atoms with Gasteiger partial charge in [-0.15, -0.1) is 0 Å². The zero-order valence-electron chi connectivity index (χ0n) is 14.6. The summed E-state index contributed by atoms with van der Waals surface area (Å²) in [6.45, 7) is 0.490. The number of carbonyl (C=O) groups excluding carboxylic acids is 1. The molecule has 28 heavy (non-hydrogen) atoms. The van der Waals surface area contributed by atoms with E-state index in [4.69, 9.17) is 40.2 Å². The monoisotopic (exact) mass is 430 g/mol. The smallest absolute Gasteiger partial charge is 0.257 e. The van der Waals surface area contributed by atoms with E-state index >= 15 is 0 Å². The van der Waals surface area contributed by atoms with Crippen LogP contribution in [0.25, 0.3) is 0 Å². The number of ether oxygens (including phenoxy) is 1. The molecule has 0 fully saturated rings. The first-order valence-corrected chi connectivity index (χ1v) is 9.51. The average molecular weight is 431 g/mol. The maximum Gasteiger partial charge on any atom is 0.257 e. The lowest BCUT2D eigenvalue weighted by molar-refractivity contribution is 0.0977. The minimum Gasteiger partial charge on any atom is -0.489 e. The highest BCUT2D eigenvalue weighted by Gasteiger charge is 2.10. The molecule has 0 bridgehead atoms. The first kappa shape index (κ1) is 20.1. The Bertz CT molecular complexity index is 959. The molecule has 0 aliphatic carbocycles. The van der Waals surface area contributed by atoms with Crippen molar-refractivity contribution in [2.24, 2.45) is 0 Å². The zero-order valence-corrected chi connectivity index (χ0v) is 16.9. The second-order valence-electron chi connectivity index (χ2n) is 5.87. The third-order valence-corrected chi connectivity index (χ3v) is 4.35. The minimum atomic E-state index is -0.398. The molecule has 0 saturated heterocycles. The van der Waals surface area contributed by atoms with E-state index in [1.807, 2.05) is 54.6 Å². The predicted molar refractivity (Wildman–Crippen MR) is 117 cm³/mol. The molecule has 3 aromatic rings. The van der Waals surface area contributed by atoms with Gasteiger partial charge in [-0.3, -0.25) is 10.1 Å². The molecule has 0 aliphatic heterocycles. The SMILES string of the molecule is O=C(NC(=S)Nc1ccc(OCc2ccccc2)cc1)c1cc(Cl)cc(Cl)c1. The van der Waals surface area contributed by atoms with Crippen molar-refractivity contribution in [1.82, 2.24) is 5.32 Å². The van der Waals surface area contributed by atoms with Crippen LogP contribution in [0.2, 0.25) is 10.0 Å². The first-order valence-electron chi connectivity index (χ1n) is 8.35. The van der Waals surface area contributed by atoms with E-state index in [1.54, 1.807) is 6.07 Å². The summed E-state index contributed by atoms with van der Waals surface area (Å²) in [4.78, 5) is 12.2. The third kappa shape index (κ3) is 5.96. The van der Waals surface area contributed by atoms with E-state index in [0.717, 1.165) is 17.0 Å². The van der Waals surface area contributed by atoms with Crippen molar-refractivity contribution < 1.29 is 9.53 Å². The van der Waals surface area contributed by atoms with Crippen LogP contribution in [0.15, 0.2) is 72.8 Å². The normalized spacial score (nSPS) is 10.2. The van der Waals surface area contributed by atoms with E-state index in [0.29, 0.717) is 22.2 Å². The lowest BCUT2D eigenvalue weighted by Crippen LogP contribution is -2.34. The van der Waals surface area contributed by atoms with Crippen molar-refractivity contribution in [3.63, 3.8) is 0 Å². The van der Waals surface area contributed by atoms with Crippen LogP contribution in [0.4, 0.5) is 5.69 Å². The van der Waals surface area contributed by atoms with E-state index in [-0.39, 0.29) is 5.11 Å². The van der Waals surface area contributed by atoms with Crippen molar-refractivity contribution in [3.8, 4) is 5.75 Å². The summed E-state index contributed by atoms with van der Waals surface area (Å²) in [7, 11) is 0. The third-order valence-electron chi connectivity index (χ3n) is 3.71. The molecule has 7 heteroatoms. The summed E-state index contributed by atoms with van der Waals surface area (Å²) >= 11 is 17.0. The molecule has 142 valence electrons. The molecule has 4 nitrogen and oxygen atoms in total. The molecule has 0 spiro atoms. The molecule has 2 N–H and O–H groups in total. The summed E-state index contributed by atoms with van der Waals surface area (Å²) in [5.41, 5.74) is 2.14. The number of benzene rings is 3. The fraction of sp³-hybridized carbons (Fsp3) is 0.0476. The summed E-state index contributed by atoms with van der Waals surface area (Å²) in [6, 6.07) is 21.8. The lowest BCUT2D eigenvalue weighted by Gasteiger charge is -2.11. The highest BCUT2D eigenvalue weighted by molar-refractivity contribution is 7.80. The maximum atomic E-state index is 12.2. The number of rotatable bonds is 5. The summed E-state index contributed by atoms with van der Waals surface area (Å²) in [5, 5.41) is 6.46. The summed E-state index contributed by atoms with van der Waals surface area (Å²) < 4.78 is 5.74. The van der Waals surface area contributed by atoms with Gasteiger partial charge in [0.15, 0.2) is 5.11 Å². The number of carbonyl (C=O) groups is 1. The van der Waals surface area contributed by atoms with Gasteiger partial charge in [-0.05, 0) is 60.2 Å². The largest absolute Gasteiger partial charge is 0.489 e. The molecule has 0 radical (unpaired) electrons. The molecule has 0 unspecified atom stereocenters. The van der Waals surface area contributed by atoms with Gasteiger partial charge < -0.3 is 10.1 Å². The molecular formula is C21H16Cl2N2O2S. The van der Waals surface area contributed by atoms with Gasteiger partial charge in [0.05, 0.1) is 0 Å².